The highest BCUT2D eigenvalue weighted by molar-refractivity contribution is 5.72. The molecule has 1 aromatic rings. The summed E-state index contributed by atoms with van der Waals surface area (Å²) < 4.78 is 5.15. The predicted molar refractivity (Wildman–Crippen MR) is 67.7 cm³/mol. The maximum atomic E-state index is 11.5. The van der Waals surface area contributed by atoms with E-state index in [2.05, 4.69) is 12.3 Å². The summed E-state index contributed by atoms with van der Waals surface area (Å²) in [6.45, 7) is 5.41. The maximum absolute atomic E-state index is 11.5. The van der Waals surface area contributed by atoms with Crippen LogP contribution < -0.4 is 10.5 Å². The molecule has 0 amide bonds. The SMILES string of the molecule is C=C=CC(N)CCC(=O)Oc1ccc(C)cc1. The molecule has 0 heterocycles. The van der Waals surface area contributed by atoms with Crippen LogP contribution in [0.4, 0.5) is 0 Å². The highest BCUT2D eigenvalue weighted by atomic mass is 16.5. The Bertz CT molecular complexity index is 416. The second kappa shape index (κ2) is 6.69. The van der Waals surface area contributed by atoms with Crippen molar-refractivity contribution in [3.63, 3.8) is 0 Å². The Labute approximate surface area is 102 Å². The number of benzene rings is 1. The molecule has 2 N–H and O–H groups in total. The van der Waals surface area contributed by atoms with E-state index in [1.807, 2.05) is 19.1 Å². The molecule has 0 saturated heterocycles. The lowest BCUT2D eigenvalue weighted by Gasteiger charge is -2.06. The molecular formula is C14H17NO2. The van der Waals surface area contributed by atoms with Gasteiger partial charge in [0.05, 0.1) is 0 Å². The number of aryl methyl sites for hydroxylation is 1. The van der Waals surface area contributed by atoms with Crippen LogP contribution >= 0.6 is 0 Å². The number of nitrogens with two attached hydrogens (primary N) is 1. The molecule has 0 aliphatic carbocycles. The summed E-state index contributed by atoms with van der Waals surface area (Å²) in [5, 5.41) is 0. The Morgan fingerprint density at radius 2 is 2.18 bits per heavy atom. The lowest BCUT2D eigenvalue weighted by atomic mass is 10.1. The first kappa shape index (κ1) is 13.2. The molecule has 0 aliphatic rings. The number of carbonyl (C=O) groups excluding carboxylic acids is 1. The number of esters is 1. The molecule has 3 heteroatoms. The van der Waals surface area contributed by atoms with Gasteiger partial charge in [-0.1, -0.05) is 24.3 Å². The van der Waals surface area contributed by atoms with Crippen molar-refractivity contribution < 1.29 is 9.53 Å². The minimum Gasteiger partial charge on any atom is -0.427 e. The molecule has 1 atom stereocenters. The van der Waals surface area contributed by atoms with Gasteiger partial charge >= 0.3 is 5.97 Å². The number of ether oxygens (including phenoxy) is 1. The van der Waals surface area contributed by atoms with Crippen molar-refractivity contribution in [1.29, 1.82) is 0 Å². The lowest BCUT2D eigenvalue weighted by molar-refractivity contribution is -0.134. The van der Waals surface area contributed by atoms with Gasteiger partial charge in [0.2, 0.25) is 0 Å². The van der Waals surface area contributed by atoms with Crippen LogP contribution in [0.3, 0.4) is 0 Å². The van der Waals surface area contributed by atoms with E-state index in [0.29, 0.717) is 12.2 Å². The molecular weight excluding hydrogens is 214 g/mol. The van der Waals surface area contributed by atoms with E-state index >= 15 is 0 Å². The Balaban J connectivity index is 2.39. The van der Waals surface area contributed by atoms with E-state index in [-0.39, 0.29) is 18.4 Å². The van der Waals surface area contributed by atoms with Gasteiger partial charge in [0.15, 0.2) is 0 Å². The van der Waals surface area contributed by atoms with Crippen LogP contribution in [-0.4, -0.2) is 12.0 Å². The van der Waals surface area contributed by atoms with Crippen molar-refractivity contribution in [2.24, 2.45) is 5.73 Å². The van der Waals surface area contributed by atoms with Gasteiger partial charge in [-0.2, -0.15) is 0 Å². The topological polar surface area (TPSA) is 52.3 Å². The van der Waals surface area contributed by atoms with Crippen molar-refractivity contribution in [1.82, 2.24) is 0 Å². The van der Waals surface area contributed by atoms with Crippen molar-refractivity contribution >= 4 is 5.97 Å². The van der Waals surface area contributed by atoms with Gasteiger partial charge in [-0.3, -0.25) is 4.79 Å². The second-order valence-electron chi connectivity index (χ2n) is 3.86. The first-order valence-corrected chi connectivity index (χ1v) is 5.50. The molecule has 1 unspecified atom stereocenters. The molecule has 90 valence electrons. The molecule has 1 rings (SSSR count). The van der Waals surface area contributed by atoms with Gasteiger partial charge in [-0.15, -0.1) is 5.73 Å². The maximum Gasteiger partial charge on any atom is 0.311 e. The van der Waals surface area contributed by atoms with Crippen molar-refractivity contribution in [2.45, 2.75) is 25.8 Å². The summed E-state index contributed by atoms with van der Waals surface area (Å²) in [4.78, 5) is 11.5. The van der Waals surface area contributed by atoms with Crippen LogP contribution in [0.1, 0.15) is 18.4 Å². The molecule has 0 spiro atoms. The average molecular weight is 231 g/mol. The Morgan fingerprint density at radius 3 is 2.76 bits per heavy atom. The van der Waals surface area contributed by atoms with Gasteiger partial charge < -0.3 is 10.5 Å². The number of carbonyl (C=O) groups is 1. The Kier molecular flexibility index (Phi) is 5.21. The van der Waals surface area contributed by atoms with Gasteiger partial charge in [-0.05, 0) is 31.6 Å². The highest BCUT2D eigenvalue weighted by Crippen LogP contribution is 2.12. The van der Waals surface area contributed by atoms with Crippen molar-refractivity contribution in [2.75, 3.05) is 0 Å². The van der Waals surface area contributed by atoms with E-state index in [4.69, 9.17) is 10.5 Å². The normalized spacial score (nSPS) is 11.4. The first-order valence-electron chi connectivity index (χ1n) is 5.50. The summed E-state index contributed by atoms with van der Waals surface area (Å²) >= 11 is 0. The summed E-state index contributed by atoms with van der Waals surface area (Å²) in [7, 11) is 0. The lowest BCUT2D eigenvalue weighted by Crippen LogP contribution is -2.19. The summed E-state index contributed by atoms with van der Waals surface area (Å²) in [5.74, 6) is 0.287. The van der Waals surface area contributed by atoms with E-state index < -0.39 is 0 Å². The zero-order chi connectivity index (χ0) is 12.7. The zero-order valence-corrected chi connectivity index (χ0v) is 9.98. The van der Waals surface area contributed by atoms with Crippen LogP contribution in [0.15, 0.2) is 42.7 Å². The molecule has 0 saturated carbocycles. The van der Waals surface area contributed by atoms with E-state index in [9.17, 15) is 4.79 Å². The van der Waals surface area contributed by atoms with Crippen molar-refractivity contribution in [3.8, 4) is 5.75 Å². The fraction of sp³-hybridized carbons (Fsp3) is 0.286. The zero-order valence-electron chi connectivity index (χ0n) is 9.98. The molecule has 0 aromatic heterocycles. The standard InChI is InChI=1S/C14H17NO2/c1-3-4-12(15)7-10-14(16)17-13-8-5-11(2)6-9-13/h4-6,8-9,12H,1,7,10,15H2,2H3. The largest absolute Gasteiger partial charge is 0.427 e. The Hall–Kier alpha value is -1.83. The Morgan fingerprint density at radius 1 is 1.53 bits per heavy atom. The van der Waals surface area contributed by atoms with Crippen LogP contribution in [0, 0.1) is 6.92 Å². The van der Waals surface area contributed by atoms with Crippen LogP contribution in [0.25, 0.3) is 0 Å². The van der Waals surface area contributed by atoms with E-state index in [1.54, 1.807) is 18.2 Å². The minimum absolute atomic E-state index is 0.196. The molecule has 1 aromatic carbocycles. The van der Waals surface area contributed by atoms with Gasteiger partial charge in [-0.25, -0.2) is 0 Å². The third-order valence-corrected chi connectivity index (χ3v) is 2.27. The van der Waals surface area contributed by atoms with Crippen LogP contribution in [0.2, 0.25) is 0 Å². The van der Waals surface area contributed by atoms with Gasteiger partial charge in [0, 0.05) is 12.5 Å². The average Bonchev–Trinajstić information content (AvgIpc) is 2.30. The first-order chi connectivity index (χ1) is 8.11. The molecule has 3 nitrogen and oxygen atoms in total. The predicted octanol–water partition coefficient (Wildman–Crippen LogP) is 2.35. The fourth-order valence-corrected chi connectivity index (χ4v) is 1.31. The van der Waals surface area contributed by atoms with Gasteiger partial charge in [0.25, 0.3) is 0 Å². The summed E-state index contributed by atoms with van der Waals surface area (Å²) in [6.07, 6.45) is 2.46. The third-order valence-electron chi connectivity index (χ3n) is 2.27. The highest BCUT2D eigenvalue weighted by Gasteiger charge is 2.07. The van der Waals surface area contributed by atoms with Crippen LogP contribution in [0.5, 0.6) is 5.75 Å². The number of rotatable bonds is 5. The third kappa shape index (κ3) is 5.16. The second-order valence-corrected chi connectivity index (χ2v) is 3.86. The number of hydrogen-bond donors (Lipinski definition) is 1. The smallest absolute Gasteiger partial charge is 0.311 e. The van der Waals surface area contributed by atoms with Gasteiger partial charge in [0.1, 0.15) is 5.75 Å². The molecule has 0 radical (unpaired) electrons. The van der Waals surface area contributed by atoms with E-state index in [1.165, 1.54) is 0 Å². The molecule has 0 aliphatic heterocycles. The fourth-order valence-electron chi connectivity index (χ4n) is 1.31. The molecule has 0 fully saturated rings. The van der Waals surface area contributed by atoms with Crippen LogP contribution in [-0.2, 0) is 4.79 Å². The summed E-state index contributed by atoms with van der Waals surface area (Å²) in [5.41, 5.74) is 9.40. The molecule has 17 heavy (non-hydrogen) atoms. The van der Waals surface area contributed by atoms with Crippen molar-refractivity contribution in [3.05, 3.63) is 48.2 Å². The summed E-state index contributed by atoms with van der Waals surface area (Å²) in [6, 6.07) is 7.15. The minimum atomic E-state index is -0.276. The van der Waals surface area contributed by atoms with E-state index in [0.717, 1.165) is 5.56 Å². The monoisotopic (exact) mass is 231 g/mol. The molecule has 0 bridgehead atoms. The quantitative estimate of drug-likeness (QED) is 0.481. The number of hydrogen-bond acceptors (Lipinski definition) is 3.